The second-order valence-electron chi connectivity index (χ2n) is 24.5. The molecule has 19 heteroatoms. The summed E-state index contributed by atoms with van der Waals surface area (Å²) in [6, 6.07) is 0. The van der Waals surface area contributed by atoms with Gasteiger partial charge in [0.05, 0.1) is 26.4 Å². The lowest BCUT2D eigenvalue weighted by Gasteiger charge is -2.21. The average molecular weight is 1270 g/mol. The maximum atomic E-state index is 13.0. The molecule has 0 aromatic heterocycles. The van der Waals surface area contributed by atoms with Crippen LogP contribution in [0, 0.1) is 5.92 Å². The fraction of sp³-hybridized carbons (Fsp3) is 0.940. The summed E-state index contributed by atoms with van der Waals surface area (Å²) in [6.45, 7) is 7.16. The number of carbonyl (C=O) groups excluding carboxylic acids is 4. The minimum absolute atomic E-state index is 0.104. The van der Waals surface area contributed by atoms with E-state index in [2.05, 4.69) is 34.6 Å². The highest BCUT2D eigenvalue weighted by Gasteiger charge is 2.30. The fourth-order valence-corrected chi connectivity index (χ4v) is 11.7. The van der Waals surface area contributed by atoms with Crippen LogP contribution in [0.1, 0.15) is 343 Å². The second-order valence-corrected chi connectivity index (χ2v) is 27.4. The Morgan fingerprint density at radius 3 is 0.826 bits per heavy atom. The quantitative estimate of drug-likeness (QED) is 0.0222. The SMILES string of the molecule is CCCCCCCCCCCCCCCCCC(=O)OC[C@H](COP(=O)(O)OC[C@@H](O)COP(=O)(O)OC[C@@H](COC(=O)CCCCCCC)OC(=O)CCCCCCCCCC)OC(=O)CCCCCCCCCCCCCCCCC(C)CC. The first kappa shape index (κ1) is 84.1. The van der Waals surface area contributed by atoms with Crippen LogP contribution in [0.4, 0.5) is 0 Å². The lowest BCUT2D eigenvalue weighted by Crippen LogP contribution is -2.30. The van der Waals surface area contributed by atoms with Gasteiger partial charge in [-0.15, -0.1) is 0 Å². The summed E-state index contributed by atoms with van der Waals surface area (Å²) in [5.74, 6) is -1.29. The number of hydrogen-bond acceptors (Lipinski definition) is 15. The number of carbonyl (C=O) groups is 4. The van der Waals surface area contributed by atoms with E-state index in [1.54, 1.807) is 0 Å². The van der Waals surface area contributed by atoms with Crippen molar-refractivity contribution >= 4 is 39.5 Å². The maximum absolute atomic E-state index is 13.0. The van der Waals surface area contributed by atoms with E-state index in [4.69, 9.17) is 37.0 Å². The van der Waals surface area contributed by atoms with Crippen molar-refractivity contribution < 1.29 is 80.2 Å². The molecular weight excluding hydrogens is 1140 g/mol. The van der Waals surface area contributed by atoms with E-state index < -0.39 is 97.5 Å². The van der Waals surface area contributed by atoms with Gasteiger partial charge in [-0.3, -0.25) is 37.3 Å². The summed E-state index contributed by atoms with van der Waals surface area (Å²) in [5.41, 5.74) is 0. The van der Waals surface area contributed by atoms with E-state index in [0.717, 1.165) is 109 Å². The smallest absolute Gasteiger partial charge is 0.462 e. The highest BCUT2D eigenvalue weighted by Crippen LogP contribution is 2.45. The third kappa shape index (κ3) is 59.7. The van der Waals surface area contributed by atoms with Gasteiger partial charge in [-0.05, 0) is 31.6 Å². The normalized spacial score (nSPS) is 14.5. The molecule has 0 aromatic rings. The van der Waals surface area contributed by atoms with Gasteiger partial charge in [-0.1, -0.05) is 291 Å². The van der Waals surface area contributed by atoms with E-state index in [0.29, 0.717) is 25.7 Å². The minimum atomic E-state index is -4.95. The second kappa shape index (κ2) is 60.6. The number of phosphoric ester groups is 2. The molecule has 3 N–H and O–H groups in total. The van der Waals surface area contributed by atoms with Crippen molar-refractivity contribution in [2.75, 3.05) is 39.6 Å². The Kier molecular flexibility index (Phi) is 59.2. The van der Waals surface area contributed by atoms with Crippen molar-refractivity contribution in [3.05, 3.63) is 0 Å². The van der Waals surface area contributed by atoms with Gasteiger partial charge in [0.15, 0.2) is 12.2 Å². The monoisotopic (exact) mass is 1270 g/mol. The van der Waals surface area contributed by atoms with Crippen molar-refractivity contribution in [1.82, 2.24) is 0 Å². The topological polar surface area (TPSA) is 237 Å². The molecule has 510 valence electrons. The summed E-state index contributed by atoms with van der Waals surface area (Å²) in [4.78, 5) is 72.0. The molecule has 6 atom stereocenters. The number of rotatable bonds is 67. The molecule has 0 fully saturated rings. The molecule has 0 radical (unpaired) electrons. The molecule has 17 nitrogen and oxygen atoms in total. The first-order chi connectivity index (χ1) is 41.6. The highest BCUT2D eigenvalue weighted by atomic mass is 31.2. The zero-order valence-corrected chi connectivity index (χ0v) is 57.2. The molecule has 0 bridgehead atoms. The predicted octanol–water partition coefficient (Wildman–Crippen LogP) is 19.0. The van der Waals surface area contributed by atoms with Crippen molar-refractivity contribution in [3.63, 3.8) is 0 Å². The number of phosphoric acid groups is 2. The fourth-order valence-electron chi connectivity index (χ4n) is 10.1. The van der Waals surface area contributed by atoms with Gasteiger partial charge >= 0.3 is 39.5 Å². The zero-order chi connectivity index (χ0) is 63.5. The number of unbranched alkanes of at least 4 members (excludes halogenated alkanes) is 38. The Hall–Kier alpha value is -1.94. The summed E-state index contributed by atoms with van der Waals surface area (Å²) in [7, 11) is -9.88. The molecule has 0 saturated heterocycles. The van der Waals surface area contributed by atoms with Gasteiger partial charge in [0, 0.05) is 25.7 Å². The van der Waals surface area contributed by atoms with Gasteiger partial charge in [0.1, 0.15) is 19.3 Å². The molecule has 0 rings (SSSR count). The molecule has 0 spiro atoms. The van der Waals surface area contributed by atoms with E-state index in [-0.39, 0.29) is 25.7 Å². The molecule has 0 aliphatic rings. The molecule has 0 aliphatic carbocycles. The maximum Gasteiger partial charge on any atom is 0.472 e. The first-order valence-electron chi connectivity index (χ1n) is 35.2. The van der Waals surface area contributed by atoms with E-state index in [1.165, 1.54) is 154 Å². The summed E-state index contributed by atoms with van der Waals surface area (Å²) in [5, 5.41) is 10.5. The van der Waals surface area contributed by atoms with Crippen molar-refractivity contribution in [2.24, 2.45) is 5.92 Å². The van der Waals surface area contributed by atoms with Crippen LogP contribution in [-0.2, 0) is 65.4 Å². The van der Waals surface area contributed by atoms with E-state index in [9.17, 15) is 43.2 Å². The number of ether oxygens (including phenoxy) is 4. The third-order valence-corrected chi connectivity index (χ3v) is 17.8. The van der Waals surface area contributed by atoms with Gasteiger partial charge in [0.25, 0.3) is 0 Å². The van der Waals surface area contributed by atoms with E-state index >= 15 is 0 Å². The molecule has 0 heterocycles. The molecule has 0 amide bonds. The van der Waals surface area contributed by atoms with Crippen LogP contribution in [0.5, 0.6) is 0 Å². The van der Waals surface area contributed by atoms with Gasteiger partial charge in [0.2, 0.25) is 0 Å². The van der Waals surface area contributed by atoms with Crippen LogP contribution >= 0.6 is 15.6 Å². The largest absolute Gasteiger partial charge is 0.472 e. The highest BCUT2D eigenvalue weighted by molar-refractivity contribution is 7.47. The van der Waals surface area contributed by atoms with Crippen LogP contribution in [0.15, 0.2) is 0 Å². The zero-order valence-electron chi connectivity index (χ0n) is 55.4. The third-order valence-electron chi connectivity index (χ3n) is 15.9. The molecular formula is C67H130O17P2. The first-order valence-corrected chi connectivity index (χ1v) is 38.2. The lowest BCUT2D eigenvalue weighted by atomic mass is 9.99. The molecule has 0 aliphatic heterocycles. The van der Waals surface area contributed by atoms with Crippen LogP contribution in [0.3, 0.4) is 0 Å². The van der Waals surface area contributed by atoms with Gasteiger partial charge in [-0.25, -0.2) is 9.13 Å². The van der Waals surface area contributed by atoms with Gasteiger partial charge in [-0.2, -0.15) is 0 Å². The van der Waals surface area contributed by atoms with Gasteiger partial charge < -0.3 is 33.8 Å². The van der Waals surface area contributed by atoms with Crippen LogP contribution < -0.4 is 0 Å². The van der Waals surface area contributed by atoms with Crippen LogP contribution in [0.25, 0.3) is 0 Å². The number of aliphatic hydroxyl groups excluding tert-OH is 1. The van der Waals surface area contributed by atoms with E-state index in [1.807, 2.05) is 0 Å². The van der Waals surface area contributed by atoms with Crippen LogP contribution in [0.2, 0.25) is 0 Å². The molecule has 3 unspecified atom stereocenters. The number of aliphatic hydroxyl groups is 1. The Labute approximate surface area is 524 Å². The number of esters is 4. The standard InChI is InChI=1S/C67H130O17P2/c1-6-10-13-16-18-20-21-22-23-27-30-33-37-41-46-51-65(70)78-57-63(84-67(72)53-48-43-38-34-31-28-25-24-26-29-32-35-40-44-49-60(5)9-4)59-82-86(75,76)80-55-61(68)54-79-85(73,74)81-58-62(56-77-64(69)50-45-39-15-12-8-3)83-66(71)52-47-42-36-19-17-14-11-7-2/h60-63,68H,6-59H2,1-5H3,(H,73,74)(H,75,76)/t60?,61-,62+,63+/m0/s1. The van der Waals surface area contributed by atoms with Crippen molar-refractivity contribution in [2.45, 2.75) is 361 Å². The molecule has 0 aromatic carbocycles. The van der Waals surface area contributed by atoms with Crippen molar-refractivity contribution in [1.29, 1.82) is 0 Å². The summed E-state index contributed by atoms with van der Waals surface area (Å²) >= 11 is 0. The number of hydrogen-bond donors (Lipinski definition) is 3. The summed E-state index contributed by atoms with van der Waals surface area (Å²) < 4.78 is 67.9. The average Bonchev–Trinajstić information content (AvgIpc) is 3.51. The lowest BCUT2D eigenvalue weighted by molar-refractivity contribution is -0.161. The Balaban J connectivity index is 5.14. The summed E-state index contributed by atoms with van der Waals surface area (Å²) in [6.07, 6.45) is 46.2. The predicted molar refractivity (Wildman–Crippen MR) is 345 cm³/mol. The Bertz CT molecular complexity index is 1670. The van der Waals surface area contributed by atoms with Crippen molar-refractivity contribution in [3.8, 4) is 0 Å². The minimum Gasteiger partial charge on any atom is -0.462 e. The Morgan fingerprint density at radius 1 is 0.326 bits per heavy atom. The molecule has 0 saturated carbocycles. The molecule has 86 heavy (non-hydrogen) atoms. The Morgan fingerprint density at radius 2 is 0.558 bits per heavy atom. The van der Waals surface area contributed by atoms with Crippen LogP contribution in [-0.4, -0.2) is 96.7 Å².